The van der Waals surface area contributed by atoms with Crippen LogP contribution in [0, 0.1) is 12.8 Å². The van der Waals surface area contributed by atoms with Gasteiger partial charge < -0.3 is 9.26 Å². The third-order valence-electron chi connectivity index (χ3n) is 3.64. The Bertz CT molecular complexity index is 558. The highest BCUT2D eigenvalue weighted by molar-refractivity contribution is 5.09. The molecule has 2 aromatic heterocycles. The SMILES string of the molecule is Cc1nc(CN2CCCC(COc3ccccn3)C2)no1. The summed E-state index contributed by atoms with van der Waals surface area (Å²) in [6, 6.07) is 5.72. The van der Waals surface area contributed by atoms with Gasteiger partial charge in [0.2, 0.25) is 11.8 Å². The molecule has 1 aliphatic heterocycles. The molecule has 0 spiro atoms. The minimum atomic E-state index is 0.522. The molecule has 112 valence electrons. The second kappa shape index (κ2) is 6.67. The molecule has 2 aromatic rings. The molecule has 1 unspecified atom stereocenters. The molecule has 3 rings (SSSR count). The molecule has 0 bridgehead atoms. The Kier molecular flexibility index (Phi) is 4.45. The second-order valence-electron chi connectivity index (χ2n) is 5.45. The van der Waals surface area contributed by atoms with E-state index in [-0.39, 0.29) is 0 Å². The normalized spacial score (nSPS) is 19.6. The lowest BCUT2D eigenvalue weighted by Gasteiger charge is -2.31. The zero-order valence-electron chi connectivity index (χ0n) is 12.2. The van der Waals surface area contributed by atoms with Crippen molar-refractivity contribution in [1.82, 2.24) is 20.0 Å². The second-order valence-corrected chi connectivity index (χ2v) is 5.45. The highest BCUT2D eigenvalue weighted by Crippen LogP contribution is 2.19. The molecule has 0 radical (unpaired) electrons. The van der Waals surface area contributed by atoms with E-state index in [0.717, 1.165) is 25.5 Å². The topological polar surface area (TPSA) is 64.3 Å². The van der Waals surface area contributed by atoms with Gasteiger partial charge in [-0.25, -0.2) is 4.98 Å². The van der Waals surface area contributed by atoms with Crippen LogP contribution in [0.2, 0.25) is 0 Å². The lowest BCUT2D eigenvalue weighted by atomic mass is 9.99. The lowest BCUT2D eigenvalue weighted by molar-refractivity contribution is 0.120. The Labute approximate surface area is 124 Å². The maximum absolute atomic E-state index is 5.76. The number of rotatable bonds is 5. The zero-order chi connectivity index (χ0) is 14.5. The third-order valence-corrected chi connectivity index (χ3v) is 3.64. The number of nitrogens with zero attached hydrogens (tertiary/aromatic N) is 4. The van der Waals surface area contributed by atoms with Crippen LogP contribution in [-0.4, -0.2) is 39.7 Å². The van der Waals surface area contributed by atoms with Crippen molar-refractivity contribution >= 4 is 0 Å². The van der Waals surface area contributed by atoms with E-state index >= 15 is 0 Å². The van der Waals surface area contributed by atoms with E-state index in [1.807, 2.05) is 25.1 Å². The number of pyridine rings is 1. The molecule has 1 atom stereocenters. The van der Waals surface area contributed by atoms with Gasteiger partial charge in [0.1, 0.15) is 0 Å². The Morgan fingerprint density at radius 3 is 3.14 bits per heavy atom. The zero-order valence-corrected chi connectivity index (χ0v) is 12.2. The first-order valence-electron chi connectivity index (χ1n) is 7.35. The van der Waals surface area contributed by atoms with Crippen LogP contribution in [0.1, 0.15) is 24.6 Å². The molecule has 6 heteroatoms. The van der Waals surface area contributed by atoms with Crippen LogP contribution in [0.5, 0.6) is 5.88 Å². The molecular formula is C15H20N4O2. The average molecular weight is 288 g/mol. The summed E-state index contributed by atoms with van der Waals surface area (Å²) in [5, 5.41) is 3.96. The number of hydrogen-bond acceptors (Lipinski definition) is 6. The Morgan fingerprint density at radius 1 is 1.43 bits per heavy atom. The van der Waals surface area contributed by atoms with Crippen molar-refractivity contribution < 1.29 is 9.26 Å². The summed E-state index contributed by atoms with van der Waals surface area (Å²) < 4.78 is 10.8. The molecule has 0 aliphatic carbocycles. The summed E-state index contributed by atoms with van der Waals surface area (Å²) in [5.41, 5.74) is 0. The summed E-state index contributed by atoms with van der Waals surface area (Å²) in [6.45, 7) is 5.35. The largest absolute Gasteiger partial charge is 0.477 e. The predicted octanol–water partition coefficient (Wildman–Crippen LogP) is 2.06. The maximum atomic E-state index is 5.76. The Hall–Kier alpha value is -1.95. The third kappa shape index (κ3) is 4.01. The van der Waals surface area contributed by atoms with Gasteiger partial charge >= 0.3 is 0 Å². The van der Waals surface area contributed by atoms with Gasteiger partial charge in [-0.15, -0.1) is 0 Å². The molecule has 1 saturated heterocycles. The number of hydrogen-bond donors (Lipinski definition) is 0. The number of aromatic nitrogens is 3. The van der Waals surface area contributed by atoms with E-state index in [1.165, 1.54) is 12.8 Å². The molecule has 3 heterocycles. The first kappa shape index (κ1) is 14.0. The molecular weight excluding hydrogens is 268 g/mol. The van der Waals surface area contributed by atoms with Crippen LogP contribution in [0.4, 0.5) is 0 Å². The number of ether oxygens (including phenoxy) is 1. The molecule has 6 nitrogen and oxygen atoms in total. The van der Waals surface area contributed by atoms with Crippen LogP contribution in [0.3, 0.4) is 0 Å². The Morgan fingerprint density at radius 2 is 2.38 bits per heavy atom. The van der Waals surface area contributed by atoms with Crippen molar-refractivity contribution in [2.75, 3.05) is 19.7 Å². The first-order valence-corrected chi connectivity index (χ1v) is 7.35. The first-order chi connectivity index (χ1) is 10.3. The molecule has 21 heavy (non-hydrogen) atoms. The predicted molar refractivity (Wildman–Crippen MR) is 76.8 cm³/mol. The highest BCUT2D eigenvalue weighted by atomic mass is 16.5. The molecule has 0 aromatic carbocycles. The number of aryl methyl sites for hydroxylation is 1. The molecule has 0 saturated carbocycles. The van der Waals surface area contributed by atoms with Crippen LogP contribution in [0.25, 0.3) is 0 Å². The maximum Gasteiger partial charge on any atom is 0.223 e. The Balaban J connectivity index is 1.49. The number of likely N-dealkylation sites (tertiary alicyclic amines) is 1. The minimum absolute atomic E-state index is 0.522. The number of piperidine rings is 1. The van der Waals surface area contributed by atoms with Gasteiger partial charge in [-0.1, -0.05) is 11.2 Å². The van der Waals surface area contributed by atoms with Gasteiger partial charge in [0.25, 0.3) is 0 Å². The lowest BCUT2D eigenvalue weighted by Crippen LogP contribution is -2.37. The van der Waals surface area contributed by atoms with Gasteiger partial charge in [-0.2, -0.15) is 4.98 Å². The van der Waals surface area contributed by atoms with Crippen LogP contribution in [0.15, 0.2) is 28.9 Å². The van der Waals surface area contributed by atoms with Crippen LogP contribution in [-0.2, 0) is 6.54 Å². The van der Waals surface area contributed by atoms with Crippen molar-refractivity contribution in [3.8, 4) is 5.88 Å². The van der Waals surface area contributed by atoms with Gasteiger partial charge in [-0.3, -0.25) is 4.90 Å². The molecule has 1 fully saturated rings. The van der Waals surface area contributed by atoms with E-state index in [0.29, 0.717) is 24.3 Å². The fourth-order valence-electron chi connectivity index (χ4n) is 2.67. The summed E-state index contributed by atoms with van der Waals surface area (Å²) in [4.78, 5) is 10.8. The summed E-state index contributed by atoms with van der Waals surface area (Å²) >= 11 is 0. The smallest absolute Gasteiger partial charge is 0.223 e. The van der Waals surface area contributed by atoms with Crippen molar-refractivity contribution in [3.05, 3.63) is 36.1 Å². The monoisotopic (exact) mass is 288 g/mol. The van der Waals surface area contributed by atoms with E-state index in [9.17, 15) is 0 Å². The van der Waals surface area contributed by atoms with Crippen molar-refractivity contribution in [2.24, 2.45) is 5.92 Å². The standard InChI is InChI=1S/C15H20N4O2/c1-12-17-14(18-21-12)10-19-8-4-5-13(9-19)11-20-15-6-2-3-7-16-15/h2-3,6-7,13H,4-5,8-11H2,1H3. The van der Waals surface area contributed by atoms with E-state index in [2.05, 4.69) is 20.0 Å². The minimum Gasteiger partial charge on any atom is -0.477 e. The fraction of sp³-hybridized carbons (Fsp3) is 0.533. The average Bonchev–Trinajstić information content (AvgIpc) is 2.92. The molecule has 0 amide bonds. The van der Waals surface area contributed by atoms with E-state index < -0.39 is 0 Å². The quantitative estimate of drug-likeness (QED) is 0.839. The molecule has 1 aliphatic rings. The van der Waals surface area contributed by atoms with Crippen LogP contribution >= 0.6 is 0 Å². The summed E-state index contributed by atoms with van der Waals surface area (Å²) in [6.07, 6.45) is 4.11. The van der Waals surface area contributed by atoms with Crippen molar-refractivity contribution in [3.63, 3.8) is 0 Å². The van der Waals surface area contributed by atoms with Crippen molar-refractivity contribution in [1.29, 1.82) is 0 Å². The van der Waals surface area contributed by atoms with Gasteiger partial charge in [0.05, 0.1) is 13.2 Å². The van der Waals surface area contributed by atoms with Gasteiger partial charge in [0, 0.05) is 31.6 Å². The fourth-order valence-corrected chi connectivity index (χ4v) is 2.67. The van der Waals surface area contributed by atoms with Crippen LogP contribution < -0.4 is 4.74 Å². The van der Waals surface area contributed by atoms with Gasteiger partial charge in [-0.05, 0) is 25.5 Å². The summed E-state index contributed by atoms with van der Waals surface area (Å²) in [7, 11) is 0. The molecule has 0 N–H and O–H groups in total. The van der Waals surface area contributed by atoms with E-state index in [1.54, 1.807) is 6.20 Å². The van der Waals surface area contributed by atoms with Crippen molar-refractivity contribution in [2.45, 2.75) is 26.3 Å². The summed E-state index contributed by atoms with van der Waals surface area (Å²) in [5.74, 6) is 2.60. The van der Waals surface area contributed by atoms with E-state index in [4.69, 9.17) is 9.26 Å². The van der Waals surface area contributed by atoms with Gasteiger partial charge in [0.15, 0.2) is 5.82 Å². The highest BCUT2D eigenvalue weighted by Gasteiger charge is 2.22.